The minimum atomic E-state index is 0.156. The second-order valence-electron chi connectivity index (χ2n) is 6.47. The van der Waals surface area contributed by atoms with Gasteiger partial charge in [0.1, 0.15) is 0 Å². The Morgan fingerprint density at radius 2 is 2.00 bits per heavy atom. The normalized spacial score (nSPS) is 15.2. The van der Waals surface area contributed by atoms with Crippen LogP contribution in [0.2, 0.25) is 0 Å². The zero-order chi connectivity index (χ0) is 16.1. The standard InChI is InChI=1S/C19H30N2O/c1-4-7-17(20)13-14-8-9-18-16(12-14)10-11-21(18)19(22)15(5-2)6-3/h8-9,12,15,17H,4-7,10-11,13,20H2,1-3H3. The molecule has 1 aromatic rings. The van der Waals surface area contributed by atoms with E-state index in [1.165, 1.54) is 11.1 Å². The fraction of sp³-hybridized carbons (Fsp3) is 0.632. The maximum absolute atomic E-state index is 12.6. The molecule has 0 spiro atoms. The molecule has 0 radical (unpaired) electrons. The van der Waals surface area contributed by atoms with Crippen LogP contribution in [0.15, 0.2) is 18.2 Å². The summed E-state index contributed by atoms with van der Waals surface area (Å²) in [6.45, 7) is 7.20. The summed E-state index contributed by atoms with van der Waals surface area (Å²) in [4.78, 5) is 14.6. The van der Waals surface area contributed by atoms with Crippen molar-refractivity contribution in [1.29, 1.82) is 0 Å². The van der Waals surface area contributed by atoms with E-state index in [-0.39, 0.29) is 12.0 Å². The van der Waals surface area contributed by atoms with Gasteiger partial charge in [0.2, 0.25) is 5.91 Å². The summed E-state index contributed by atoms with van der Waals surface area (Å²) >= 11 is 0. The molecule has 0 saturated heterocycles. The van der Waals surface area contributed by atoms with E-state index < -0.39 is 0 Å². The van der Waals surface area contributed by atoms with Crippen LogP contribution in [-0.2, 0) is 17.6 Å². The maximum atomic E-state index is 12.6. The molecule has 2 N–H and O–H groups in total. The monoisotopic (exact) mass is 302 g/mol. The molecule has 3 nitrogen and oxygen atoms in total. The van der Waals surface area contributed by atoms with E-state index in [1.54, 1.807) is 0 Å². The van der Waals surface area contributed by atoms with Crippen LogP contribution in [0.4, 0.5) is 5.69 Å². The van der Waals surface area contributed by atoms with E-state index in [4.69, 9.17) is 5.73 Å². The summed E-state index contributed by atoms with van der Waals surface area (Å²) in [7, 11) is 0. The van der Waals surface area contributed by atoms with Gasteiger partial charge >= 0.3 is 0 Å². The molecule has 0 fully saturated rings. The van der Waals surface area contributed by atoms with Crippen LogP contribution in [0.1, 0.15) is 57.6 Å². The minimum Gasteiger partial charge on any atom is -0.327 e. The summed E-state index contributed by atoms with van der Waals surface area (Å²) in [5.41, 5.74) is 9.87. The summed E-state index contributed by atoms with van der Waals surface area (Å²) in [6.07, 6.45) is 5.94. The average molecular weight is 302 g/mol. The predicted octanol–water partition coefficient (Wildman–Crippen LogP) is 3.68. The first-order valence-electron chi connectivity index (χ1n) is 8.79. The Hall–Kier alpha value is -1.35. The molecule has 0 saturated carbocycles. The molecular formula is C19H30N2O. The number of nitrogens with zero attached hydrogens (tertiary/aromatic N) is 1. The Labute approximate surface area is 134 Å². The number of amides is 1. The third-order valence-electron chi connectivity index (χ3n) is 4.80. The van der Waals surface area contributed by atoms with E-state index in [1.807, 2.05) is 4.90 Å². The van der Waals surface area contributed by atoms with Crippen LogP contribution in [0.5, 0.6) is 0 Å². The van der Waals surface area contributed by atoms with Gasteiger partial charge in [0, 0.05) is 24.2 Å². The molecule has 2 rings (SSSR count). The molecule has 1 atom stereocenters. The summed E-state index contributed by atoms with van der Waals surface area (Å²) in [5, 5.41) is 0. The van der Waals surface area contributed by atoms with Crippen molar-refractivity contribution in [2.45, 2.75) is 65.3 Å². The second-order valence-corrected chi connectivity index (χ2v) is 6.47. The fourth-order valence-electron chi connectivity index (χ4n) is 3.44. The number of benzene rings is 1. The Morgan fingerprint density at radius 3 is 2.64 bits per heavy atom. The number of carbonyl (C=O) groups is 1. The van der Waals surface area contributed by atoms with E-state index >= 15 is 0 Å². The number of fused-ring (bicyclic) bond motifs is 1. The predicted molar refractivity (Wildman–Crippen MR) is 93.2 cm³/mol. The van der Waals surface area contributed by atoms with Gasteiger partial charge in [0.25, 0.3) is 0 Å². The van der Waals surface area contributed by atoms with Gasteiger partial charge in [-0.25, -0.2) is 0 Å². The quantitative estimate of drug-likeness (QED) is 0.835. The molecule has 1 aliphatic rings. The highest BCUT2D eigenvalue weighted by atomic mass is 16.2. The minimum absolute atomic E-state index is 0.156. The lowest BCUT2D eigenvalue weighted by molar-refractivity contribution is -0.122. The molecule has 122 valence electrons. The van der Waals surface area contributed by atoms with Crippen molar-refractivity contribution in [1.82, 2.24) is 0 Å². The molecule has 1 heterocycles. The molecule has 0 bridgehead atoms. The number of rotatable bonds is 7. The van der Waals surface area contributed by atoms with Gasteiger partial charge < -0.3 is 10.6 Å². The summed E-state index contributed by atoms with van der Waals surface area (Å²) < 4.78 is 0. The van der Waals surface area contributed by atoms with Crippen molar-refractivity contribution < 1.29 is 4.79 Å². The average Bonchev–Trinajstić information content (AvgIpc) is 2.91. The number of carbonyl (C=O) groups excluding carboxylic acids is 1. The highest BCUT2D eigenvalue weighted by Gasteiger charge is 2.28. The molecule has 1 amide bonds. The largest absolute Gasteiger partial charge is 0.327 e. The van der Waals surface area contributed by atoms with Crippen molar-refractivity contribution in [3.63, 3.8) is 0 Å². The topological polar surface area (TPSA) is 46.3 Å². The first-order valence-corrected chi connectivity index (χ1v) is 8.79. The molecule has 22 heavy (non-hydrogen) atoms. The van der Waals surface area contributed by atoms with Crippen LogP contribution in [0, 0.1) is 5.92 Å². The van der Waals surface area contributed by atoms with E-state index in [0.29, 0.717) is 5.91 Å². The molecule has 1 aliphatic heterocycles. The van der Waals surface area contributed by atoms with Gasteiger partial charge in [-0.1, -0.05) is 39.3 Å². The molecular weight excluding hydrogens is 272 g/mol. The zero-order valence-electron chi connectivity index (χ0n) is 14.3. The molecule has 1 unspecified atom stereocenters. The van der Waals surface area contributed by atoms with Crippen LogP contribution in [-0.4, -0.2) is 18.5 Å². The van der Waals surface area contributed by atoms with Gasteiger partial charge in [-0.05, 0) is 49.3 Å². The number of hydrogen-bond acceptors (Lipinski definition) is 2. The van der Waals surface area contributed by atoms with Crippen molar-refractivity contribution in [3.05, 3.63) is 29.3 Å². The maximum Gasteiger partial charge on any atom is 0.230 e. The van der Waals surface area contributed by atoms with Crippen molar-refractivity contribution in [3.8, 4) is 0 Å². The number of hydrogen-bond donors (Lipinski definition) is 1. The molecule has 0 aliphatic carbocycles. The van der Waals surface area contributed by atoms with Gasteiger partial charge in [0.05, 0.1) is 0 Å². The Morgan fingerprint density at radius 1 is 1.27 bits per heavy atom. The fourth-order valence-corrected chi connectivity index (χ4v) is 3.44. The van der Waals surface area contributed by atoms with Gasteiger partial charge in [-0.15, -0.1) is 0 Å². The highest BCUT2D eigenvalue weighted by molar-refractivity contribution is 5.97. The Kier molecular flexibility index (Phi) is 6.01. The van der Waals surface area contributed by atoms with Crippen LogP contribution < -0.4 is 10.6 Å². The first kappa shape index (κ1) is 17.0. The lowest BCUT2D eigenvalue weighted by atomic mass is 9.99. The second kappa shape index (κ2) is 7.77. The third-order valence-corrected chi connectivity index (χ3v) is 4.80. The van der Waals surface area contributed by atoms with Gasteiger partial charge in [-0.2, -0.15) is 0 Å². The zero-order valence-corrected chi connectivity index (χ0v) is 14.3. The van der Waals surface area contributed by atoms with Crippen LogP contribution in [0.25, 0.3) is 0 Å². The summed E-state index contributed by atoms with van der Waals surface area (Å²) in [6, 6.07) is 6.76. The SMILES string of the molecule is CCCC(N)Cc1ccc2c(c1)CCN2C(=O)C(CC)CC. The van der Waals surface area contributed by atoms with Crippen molar-refractivity contribution >= 4 is 11.6 Å². The van der Waals surface area contributed by atoms with E-state index in [2.05, 4.69) is 39.0 Å². The highest BCUT2D eigenvalue weighted by Crippen LogP contribution is 2.31. The van der Waals surface area contributed by atoms with Crippen LogP contribution >= 0.6 is 0 Å². The van der Waals surface area contributed by atoms with Gasteiger partial charge in [-0.3, -0.25) is 4.79 Å². The Bertz CT molecular complexity index is 508. The molecule has 3 heteroatoms. The van der Waals surface area contributed by atoms with Crippen molar-refractivity contribution in [2.24, 2.45) is 11.7 Å². The van der Waals surface area contributed by atoms with Crippen LogP contribution in [0.3, 0.4) is 0 Å². The lowest BCUT2D eigenvalue weighted by Crippen LogP contribution is -2.34. The number of anilines is 1. The Balaban J connectivity index is 2.11. The van der Waals surface area contributed by atoms with E-state index in [9.17, 15) is 4.79 Å². The smallest absolute Gasteiger partial charge is 0.230 e. The van der Waals surface area contributed by atoms with Gasteiger partial charge in [0.15, 0.2) is 0 Å². The summed E-state index contributed by atoms with van der Waals surface area (Å²) in [5.74, 6) is 0.447. The van der Waals surface area contributed by atoms with E-state index in [0.717, 1.165) is 50.8 Å². The lowest BCUT2D eigenvalue weighted by Gasteiger charge is -2.22. The molecule has 1 aromatic carbocycles. The van der Waals surface area contributed by atoms with Crippen molar-refractivity contribution in [2.75, 3.05) is 11.4 Å². The molecule has 0 aromatic heterocycles. The third kappa shape index (κ3) is 3.70. The first-order chi connectivity index (χ1) is 10.6. The number of nitrogens with two attached hydrogens (primary N) is 1.